The molecule has 0 amide bonds. The summed E-state index contributed by atoms with van der Waals surface area (Å²) in [6.45, 7) is 3.46. The van der Waals surface area contributed by atoms with Crippen molar-refractivity contribution < 1.29 is 0 Å². The number of rotatable bonds is 4. The van der Waals surface area contributed by atoms with Crippen LogP contribution in [0.15, 0.2) is 17.5 Å². The van der Waals surface area contributed by atoms with E-state index in [1.807, 2.05) is 23.3 Å². The molecule has 5 nitrogen and oxygen atoms in total. The quantitative estimate of drug-likeness (QED) is 0.495. The van der Waals surface area contributed by atoms with Crippen LogP contribution >= 0.6 is 23.7 Å². The standard InChI is InChI=1S/C10H17N5S.ClH/c1-2-15(10(13)14-9(11)12)6-5-8-4-3-7-16-8;/h3-4,7H,2,5-6H2,1H3,(H5,11,12,13,14);1H. The Labute approximate surface area is 111 Å². The van der Waals surface area contributed by atoms with Gasteiger partial charge in [-0.05, 0) is 24.8 Å². The Balaban J connectivity index is 0.00000256. The highest BCUT2D eigenvalue weighted by Crippen LogP contribution is 2.09. The molecule has 0 fully saturated rings. The fourth-order valence-corrected chi connectivity index (χ4v) is 2.03. The van der Waals surface area contributed by atoms with Crippen LogP contribution in [-0.4, -0.2) is 29.9 Å². The maximum atomic E-state index is 7.70. The van der Waals surface area contributed by atoms with Crippen molar-refractivity contribution in [1.82, 2.24) is 10.2 Å². The van der Waals surface area contributed by atoms with Crippen LogP contribution in [0.2, 0.25) is 0 Å². The molecule has 0 spiro atoms. The number of likely N-dealkylation sites (N-methyl/N-ethyl adjacent to an activating group) is 1. The second-order valence-corrected chi connectivity index (χ2v) is 4.33. The fraction of sp³-hybridized carbons (Fsp3) is 0.400. The van der Waals surface area contributed by atoms with Crippen LogP contribution in [0.1, 0.15) is 11.8 Å². The third kappa shape index (κ3) is 5.55. The molecule has 7 heteroatoms. The summed E-state index contributed by atoms with van der Waals surface area (Å²) in [5.41, 5.74) is 5.18. The van der Waals surface area contributed by atoms with Crippen LogP contribution < -0.4 is 11.1 Å². The van der Waals surface area contributed by atoms with Crippen molar-refractivity contribution in [2.24, 2.45) is 5.73 Å². The van der Waals surface area contributed by atoms with Gasteiger partial charge in [0.25, 0.3) is 0 Å². The van der Waals surface area contributed by atoms with Crippen LogP contribution in [0, 0.1) is 10.8 Å². The first-order valence-electron chi connectivity index (χ1n) is 5.10. The first-order valence-corrected chi connectivity index (χ1v) is 5.98. The number of guanidine groups is 2. The van der Waals surface area contributed by atoms with Crippen molar-refractivity contribution in [3.63, 3.8) is 0 Å². The van der Waals surface area contributed by atoms with Gasteiger partial charge in [-0.1, -0.05) is 6.07 Å². The van der Waals surface area contributed by atoms with E-state index in [2.05, 4.69) is 11.4 Å². The molecule has 96 valence electrons. The molecule has 0 bridgehead atoms. The van der Waals surface area contributed by atoms with E-state index in [0.29, 0.717) is 0 Å². The Morgan fingerprint density at radius 1 is 1.53 bits per heavy atom. The highest BCUT2D eigenvalue weighted by molar-refractivity contribution is 7.09. The van der Waals surface area contributed by atoms with Crippen LogP contribution in [0.25, 0.3) is 0 Å². The number of thiophene rings is 1. The number of nitrogens with one attached hydrogen (secondary N) is 3. The number of nitrogens with two attached hydrogens (primary N) is 1. The minimum atomic E-state index is -0.195. The van der Waals surface area contributed by atoms with Crippen molar-refractivity contribution in [2.75, 3.05) is 13.1 Å². The summed E-state index contributed by atoms with van der Waals surface area (Å²) in [5.74, 6) is -0.00821. The van der Waals surface area contributed by atoms with Crippen molar-refractivity contribution in [3.8, 4) is 0 Å². The van der Waals surface area contributed by atoms with Crippen molar-refractivity contribution in [3.05, 3.63) is 22.4 Å². The van der Waals surface area contributed by atoms with Crippen molar-refractivity contribution >= 4 is 35.7 Å². The summed E-state index contributed by atoms with van der Waals surface area (Å²) >= 11 is 1.72. The fourth-order valence-electron chi connectivity index (χ4n) is 1.33. The van der Waals surface area contributed by atoms with E-state index in [9.17, 15) is 0 Å². The molecule has 0 saturated carbocycles. The van der Waals surface area contributed by atoms with Crippen molar-refractivity contribution in [2.45, 2.75) is 13.3 Å². The molecule has 1 heterocycles. The molecule has 0 radical (unpaired) electrons. The Bertz CT molecular complexity index is 352. The lowest BCUT2D eigenvalue weighted by molar-refractivity contribution is 0.433. The van der Waals surface area contributed by atoms with Crippen LogP contribution in [0.3, 0.4) is 0 Å². The summed E-state index contributed by atoms with van der Waals surface area (Å²) in [6.07, 6.45) is 0.910. The molecule has 0 aliphatic rings. The average Bonchev–Trinajstić information content (AvgIpc) is 2.70. The summed E-state index contributed by atoms with van der Waals surface area (Å²) in [4.78, 5) is 3.15. The molecule has 0 unspecified atom stereocenters. The van der Waals surface area contributed by atoms with Crippen LogP contribution in [0.5, 0.6) is 0 Å². The van der Waals surface area contributed by atoms with Crippen LogP contribution in [-0.2, 0) is 6.42 Å². The van der Waals surface area contributed by atoms with Gasteiger partial charge in [-0.3, -0.25) is 16.1 Å². The first kappa shape index (κ1) is 15.7. The van der Waals surface area contributed by atoms with Gasteiger partial charge in [0, 0.05) is 18.0 Å². The van der Waals surface area contributed by atoms with Crippen LogP contribution in [0.4, 0.5) is 0 Å². The second kappa shape index (κ2) is 7.92. The number of hydrogen-bond acceptors (Lipinski definition) is 3. The zero-order valence-corrected chi connectivity index (χ0v) is 11.3. The molecular formula is C10H18ClN5S. The van der Waals surface area contributed by atoms with Gasteiger partial charge in [0.1, 0.15) is 0 Å². The smallest absolute Gasteiger partial charge is 0.197 e. The maximum Gasteiger partial charge on any atom is 0.197 e. The summed E-state index contributed by atoms with van der Waals surface area (Å²) < 4.78 is 0. The highest BCUT2D eigenvalue weighted by Gasteiger charge is 2.08. The highest BCUT2D eigenvalue weighted by atomic mass is 35.5. The first-order chi connectivity index (χ1) is 7.63. The van der Waals surface area contributed by atoms with Gasteiger partial charge >= 0.3 is 0 Å². The molecule has 0 aromatic carbocycles. The lowest BCUT2D eigenvalue weighted by Crippen LogP contribution is -2.46. The van der Waals surface area contributed by atoms with Gasteiger partial charge in [0.05, 0.1) is 0 Å². The maximum absolute atomic E-state index is 7.70. The number of halogens is 1. The largest absolute Gasteiger partial charge is 0.370 e. The van der Waals surface area contributed by atoms with E-state index in [4.69, 9.17) is 16.6 Å². The van der Waals surface area contributed by atoms with Gasteiger partial charge in [-0.25, -0.2) is 0 Å². The average molecular weight is 276 g/mol. The topological polar surface area (TPSA) is 89.0 Å². The minimum absolute atomic E-state index is 0. The lowest BCUT2D eigenvalue weighted by Gasteiger charge is -2.23. The molecule has 0 aliphatic heterocycles. The molecule has 0 aliphatic carbocycles. The SMILES string of the molecule is CCN(CCc1cccs1)C(=N)NC(=N)N.Cl. The predicted molar refractivity (Wildman–Crippen MR) is 75.3 cm³/mol. The van der Waals surface area contributed by atoms with Gasteiger partial charge in [-0.15, -0.1) is 23.7 Å². The van der Waals surface area contributed by atoms with E-state index in [-0.39, 0.29) is 24.3 Å². The molecule has 17 heavy (non-hydrogen) atoms. The molecule has 1 rings (SSSR count). The van der Waals surface area contributed by atoms with Gasteiger partial charge in [0.15, 0.2) is 11.9 Å². The Morgan fingerprint density at radius 3 is 2.71 bits per heavy atom. The second-order valence-electron chi connectivity index (χ2n) is 3.30. The van der Waals surface area contributed by atoms with E-state index in [1.165, 1.54) is 4.88 Å². The Hall–Kier alpha value is -1.27. The molecular weight excluding hydrogens is 258 g/mol. The third-order valence-electron chi connectivity index (χ3n) is 2.16. The molecule has 1 aromatic rings. The van der Waals surface area contributed by atoms with E-state index < -0.39 is 0 Å². The molecule has 0 atom stereocenters. The molecule has 0 saturated heterocycles. The Kier molecular flexibility index (Phi) is 7.32. The zero-order chi connectivity index (χ0) is 12.0. The van der Waals surface area contributed by atoms with Gasteiger partial charge in [0.2, 0.25) is 0 Å². The van der Waals surface area contributed by atoms with Crippen molar-refractivity contribution in [1.29, 1.82) is 10.8 Å². The van der Waals surface area contributed by atoms with Gasteiger partial charge in [-0.2, -0.15) is 0 Å². The third-order valence-corrected chi connectivity index (χ3v) is 3.10. The number of hydrogen-bond donors (Lipinski definition) is 4. The predicted octanol–water partition coefficient (Wildman–Crippen LogP) is 1.45. The van der Waals surface area contributed by atoms with E-state index in [0.717, 1.165) is 19.5 Å². The number of nitrogens with zero attached hydrogens (tertiary/aromatic N) is 1. The summed E-state index contributed by atoms with van der Waals surface area (Å²) in [7, 11) is 0. The Morgan fingerprint density at radius 2 is 2.24 bits per heavy atom. The minimum Gasteiger partial charge on any atom is -0.370 e. The van der Waals surface area contributed by atoms with E-state index >= 15 is 0 Å². The lowest BCUT2D eigenvalue weighted by atomic mass is 10.3. The van der Waals surface area contributed by atoms with Gasteiger partial charge < -0.3 is 10.6 Å². The molecule has 1 aromatic heterocycles. The zero-order valence-electron chi connectivity index (χ0n) is 9.69. The van der Waals surface area contributed by atoms with E-state index in [1.54, 1.807) is 11.3 Å². The monoisotopic (exact) mass is 275 g/mol. The summed E-state index contributed by atoms with van der Waals surface area (Å²) in [6, 6.07) is 4.11. The normalized spacial score (nSPS) is 9.24. The molecule has 5 N–H and O–H groups in total. The summed E-state index contributed by atoms with van der Waals surface area (Å²) in [5, 5.41) is 19.3.